The van der Waals surface area contributed by atoms with Gasteiger partial charge >= 0.3 is 0 Å². The average molecular weight is 350 g/mol. The number of benzene rings is 1. The Kier molecular flexibility index (Phi) is 5.31. The topological polar surface area (TPSA) is 69.0 Å². The van der Waals surface area contributed by atoms with Gasteiger partial charge in [0.05, 0.1) is 18.0 Å². The van der Waals surface area contributed by atoms with Crippen molar-refractivity contribution in [1.82, 2.24) is 20.1 Å². The van der Waals surface area contributed by atoms with E-state index in [0.717, 1.165) is 22.6 Å². The van der Waals surface area contributed by atoms with Gasteiger partial charge in [0, 0.05) is 29.6 Å². The fourth-order valence-electron chi connectivity index (χ4n) is 2.75. The maximum atomic E-state index is 12.4. The third-order valence-corrected chi connectivity index (χ3v) is 3.95. The standard InChI is InChI=1S/C20H22N4O2/c1-4-26-20-17(6-5-11-21-20)13-22-19(25)16-7-9-18(10-8-16)24-15(3)12-14(2)23-24/h5-12H,4,13H2,1-3H3,(H,22,25). The van der Waals surface area contributed by atoms with Gasteiger partial charge in [0.2, 0.25) is 5.88 Å². The fourth-order valence-corrected chi connectivity index (χ4v) is 2.75. The highest BCUT2D eigenvalue weighted by Crippen LogP contribution is 2.15. The van der Waals surface area contributed by atoms with Crippen molar-refractivity contribution in [2.75, 3.05) is 6.61 Å². The minimum atomic E-state index is -0.142. The van der Waals surface area contributed by atoms with Crippen LogP contribution in [0, 0.1) is 13.8 Å². The van der Waals surface area contributed by atoms with Gasteiger partial charge in [-0.3, -0.25) is 4.79 Å². The van der Waals surface area contributed by atoms with Gasteiger partial charge in [-0.2, -0.15) is 5.10 Å². The Hall–Kier alpha value is -3.15. The van der Waals surface area contributed by atoms with E-state index in [4.69, 9.17) is 4.74 Å². The van der Waals surface area contributed by atoms with E-state index in [1.807, 2.05) is 55.8 Å². The van der Waals surface area contributed by atoms with Gasteiger partial charge in [-0.25, -0.2) is 9.67 Å². The molecule has 0 aliphatic rings. The van der Waals surface area contributed by atoms with Gasteiger partial charge < -0.3 is 10.1 Å². The van der Waals surface area contributed by atoms with Crippen LogP contribution in [0.1, 0.15) is 34.2 Å². The average Bonchev–Trinajstić information content (AvgIpc) is 2.99. The highest BCUT2D eigenvalue weighted by atomic mass is 16.5. The first-order valence-corrected chi connectivity index (χ1v) is 8.57. The van der Waals surface area contributed by atoms with Crippen LogP contribution in [-0.4, -0.2) is 27.3 Å². The lowest BCUT2D eigenvalue weighted by Crippen LogP contribution is -2.23. The summed E-state index contributed by atoms with van der Waals surface area (Å²) >= 11 is 0. The maximum Gasteiger partial charge on any atom is 0.251 e. The molecule has 0 aliphatic heterocycles. The lowest BCUT2D eigenvalue weighted by atomic mass is 10.2. The molecule has 2 aromatic heterocycles. The van der Waals surface area contributed by atoms with E-state index in [1.54, 1.807) is 18.3 Å². The molecule has 134 valence electrons. The van der Waals surface area contributed by atoms with E-state index in [9.17, 15) is 4.79 Å². The molecule has 0 radical (unpaired) electrons. The van der Waals surface area contributed by atoms with Crippen molar-refractivity contribution < 1.29 is 9.53 Å². The van der Waals surface area contributed by atoms with Crippen molar-refractivity contribution in [3.63, 3.8) is 0 Å². The third-order valence-electron chi connectivity index (χ3n) is 3.95. The molecule has 1 N–H and O–H groups in total. The molecule has 0 spiro atoms. The second kappa shape index (κ2) is 7.82. The van der Waals surface area contributed by atoms with Crippen LogP contribution in [0.5, 0.6) is 5.88 Å². The number of amides is 1. The number of aryl methyl sites for hydroxylation is 2. The summed E-state index contributed by atoms with van der Waals surface area (Å²) in [6, 6.07) is 13.1. The van der Waals surface area contributed by atoms with E-state index in [1.165, 1.54) is 0 Å². The lowest BCUT2D eigenvalue weighted by Gasteiger charge is -2.10. The number of carbonyl (C=O) groups is 1. The normalized spacial score (nSPS) is 10.6. The lowest BCUT2D eigenvalue weighted by molar-refractivity contribution is 0.0950. The molecular weight excluding hydrogens is 328 g/mol. The van der Waals surface area contributed by atoms with E-state index < -0.39 is 0 Å². The zero-order valence-electron chi connectivity index (χ0n) is 15.2. The predicted octanol–water partition coefficient (Wildman–Crippen LogP) is 3.21. The zero-order valence-corrected chi connectivity index (χ0v) is 15.2. The number of rotatable bonds is 6. The highest BCUT2D eigenvalue weighted by molar-refractivity contribution is 5.94. The van der Waals surface area contributed by atoms with Crippen LogP contribution in [0.3, 0.4) is 0 Å². The first kappa shape index (κ1) is 17.7. The van der Waals surface area contributed by atoms with Crippen molar-refractivity contribution in [2.24, 2.45) is 0 Å². The smallest absolute Gasteiger partial charge is 0.251 e. The largest absolute Gasteiger partial charge is 0.478 e. The van der Waals surface area contributed by atoms with Gasteiger partial charge in [-0.15, -0.1) is 0 Å². The number of nitrogens with one attached hydrogen (secondary N) is 1. The van der Waals surface area contributed by atoms with Crippen LogP contribution in [0.4, 0.5) is 0 Å². The molecule has 3 rings (SSSR count). The number of ether oxygens (including phenoxy) is 1. The van der Waals surface area contributed by atoms with Crippen LogP contribution in [0.25, 0.3) is 5.69 Å². The summed E-state index contributed by atoms with van der Waals surface area (Å²) in [5, 5.41) is 7.36. The predicted molar refractivity (Wildman–Crippen MR) is 99.6 cm³/mol. The summed E-state index contributed by atoms with van der Waals surface area (Å²) in [6.45, 7) is 6.76. The Balaban J connectivity index is 1.68. The summed E-state index contributed by atoms with van der Waals surface area (Å²) in [5.41, 5.74) is 4.39. The van der Waals surface area contributed by atoms with Crippen molar-refractivity contribution >= 4 is 5.91 Å². The first-order valence-electron chi connectivity index (χ1n) is 8.57. The molecule has 0 fully saturated rings. The molecule has 0 saturated heterocycles. The van der Waals surface area contributed by atoms with Crippen molar-refractivity contribution in [2.45, 2.75) is 27.3 Å². The molecule has 0 saturated carbocycles. The molecule has 6 heteroatoms. The number of carbonyl (C=O) groups excluding carboxylic acids is 1. The molecule has 0 atom stereocenters. The highest BCUT2D eigenvalue weighted by Gasteiger charge is 2.10. The Morgan fingerprint density at radius 2 is 1.96 bits per heavy atom. The third kappa shape index (κ3) is 3.91. The minimum absolute atomic E-state index is 0.142. The molecule has 2 heterocycles. The van der Waals surface area contributed by atoms with Gasteiger partial charge in [-0.05, 0) is 57.2 Å². The molecular formula is C20H22N4O2. The summed E-state index contributed by atoms with van der Waals surface area (Å²) in [7, 11) is 0. The SMILES string of the molecule is CCOc1ncccc1CNC(=O)c1ccc(-n2nc(C)cc2C)cc1. The number of aromatic nitrogens is 3. The van der Waals surface area contributed by atoms with E-state index in [-0.39, 0.29) is 5.91 Å². The Bertz CT molecular complexity index is 900. The maximum absolute atomic E-state index is 12.4. The quantitative estimate of drug-likeness (QED) is 0.741. The number of nitrogens with zero attached hydrogens (tertiary/aromatic N) is 3. The van der Waals surface area contributed by atoms with Gasteiger partial charge in [0.15, 0.2) is 0 Å². The summed E-state index contributed by atoms with van der Waals surface area (Å²) in [4.78, 5) is 16.6. The number of pyridine rings is 1. The van der Waals surface area contributed by atoms with Crippen LogP contribution < -0.4 is 10.1 Å². The molecule has 6 nitrogen and oxygen atoms in total. The Morgan fingerprint density at radius 1 is 1.19 bits per heavy atom. The first-order chi connectivity index (χ1) is 12.6. The number of hydrogen-bond donors (Lipinski definition) is 1. The Labute approximate surface area is 152 Å². The molecule has 0 unspecified atom stereocenters. The van der Waals surface area contributed by atoms with Crippen LogP contribution in [0.2, 0.25) is 0 Å². The molecule has 0 aliphatic carbocycles. The van der Waals surface area contributed by atoms with Gasteiger partial charge in [-0.1, -0.05) is 6.07 Å². The van der Waals surface area contributed by atoms with Crippen molar-refractivity contribution in [3.8, 4) is 11.6 Å². The summed E-state index contributed by atoms with van der Waals surface area (Å²) in [6.07, 6.45) is 1.67. The fraction of sp³-hybridized carbons (Fsp3) is 0.250. The monoisotopic (exact) mass is 350 g/mol. The van der Waals surface area contributed by atoms with E-state index in [0.29, 0.717) is 24.6 Å². The summed E-state index contributed by atoms with van der Waals surface area (Å²) < 4.78 is 7.34. The van der Waals surface area contributed by atoms with Crippen molar-refractivity contribution in [3.05, 3.63) is 71.2 Å². The van der Waals surface area contributed by atoms with E-state index in [2.05, 4.69) is 15.4 Å². The molecule has 1 aromatic carbocycles. The van der Waals surface area contributed by atoms with Crippen LogP contribution in [-0.2, 0) is 6.54 Å². The Morgan fingerprint density at radius 3 is 2.62 bits per heavy atom. The van der Waals surface area contributed by atoms with E-state index >= 15 is 0 Å². The molecule has 3 aromatic rings. The van der Waals surface area contributed by atoms with Gasteiger partial charge in [0.1, 0.15) is 0 Å². The minimum Gasteiger partial charge on any atom is -0.478 e. The molecule has 1 amide bonds. The van der Waals surface area contributed by atoms with Gasteiger partial charge in [0.25, 0.3) is 5.91 Å². The number of hydrogen-bond acceptors (Lipinski definition) is 4. The molecule has 0 bridgehead atoms. The van der Waals surface area contributed by atoms with Crippen molar-refractivity contribution in [1.29, 1.82) is 0 Å². The zero-order chi connectivity index (χ0) is 18.5. The second-order valence-corrected chi connectivity index (χ2v) is 5.97. The molecule has 26 heavy (non-hydrogen) atoms. The van der Waals surface area contributed by atoms with Crippen LogP contribution in [0.15, 0.2) is 48.7 Å². The second-order valence-electron chi connectivity index (χ2n) is 5.97. The summed E-state index contributed by atoms with van der Waals surface area (Å²) in [5.74, 6) is 0.409. The van der Waals surface area contributed by atoms with Crippen LogP contribution >= 0.6 is 0 Å².